The second kappa shape index (κ2) is 4.89. The molecule has 0 bridgehead atoms. The third-order valence-corrected chi connectivity index (χ3v) is 4.05. The van der Waals surface area contributed by atoms with Crippen molar-refractivity contribution in [1.82, 2.24) is 14.9 Å². The van der Waals surface area contributed by atoms with E-state index in [4.69, 9.17) is 4.74 Å². The number of aromatic amines is 1. The summed E-state index contributed by atoms with van der Waals surface area (Å²) in [6.45, 7) is 4.71. The molecule has 1 saturated heterocycles. The van der Waals surface area contributed by atoms with Gasteiger partial charge >= 0.3 is 0 Å². The first-order valence-corrected chi connectivity index (χ1v) is 7.04. The van der Waals surface area contributed by atoms with Gasteiger partial charge in [-0.1, -0.05) is 12.1 Å². The Morgan fingerprint density at radius 3 is 2.95 bits per heavy atom. The molecule has 3 aromatic rings. The summed E-state index contributed by atoms with van der Waals surface area (Å²) >= 11 is 0. The van der Waals surface area contributed by atoms with Crippen LogP contribution in [-0.4, -0.2) is 41.2 Å². The van der Waals surface area contributed by atoms with Gasteiger partial charge in [0, 0.05) is 54.4 Å². The van der Waals surface area contributed by atoms with E-state index in [9.17, 15) is 0 Å². The highest BCUT2D eigenvalue weighted by Gasteiger charge is 2.13. The van der Waals surface area contributed by atoms with Crippen LogP contribution < -0.4 is 0 Å². The Morgan fingerprint density at radius 1 is 1.15 bits per heavy atom. The summed E-state index contributed by atoms with van der Waals surface area (Å²) in [4.78, 5) is 10.1. The van der Waals surface area contributed by atoms with Crippen LogP contribution in [0.15, 0.2) is 36.8 Å². The van der Waals surface area contributed by atoms with E-state index in [0.717, 1.165) is 32.8 Å². The van der Waals surface area contributed by atoms with Crippen molar-refractivity contribution in [3.05, 3.63) is 42.4 Å². The van der Waals surface area contributed by atoms with Crippen LogP contribution >= 0.6 is 0 Å². The predicted molar refractivity (Wildman–Crippen MR) is 79.7 cm³/mol. The molecule has 0 atom stereocenters. The van der Waals surface area contributed by atoms with Gasteiger partial charge in [-0.05, 0) is 11.6 Å². The number of nitrogens with zero attached hydrogens (tertiary/aromatic N) is 2. The molecule has 0 aliphatic carbocycles. The molecule has 0 saturated carbocycles. The number of ether oxygens (including phenoxy) is 1. The normalized spacial score (nSPS) is 17.0. The van der Waals surface area contributed by atoms with Crippen LogP contribution in [0.5, 0.6) is 0 Å². The summed E-state index contributed by atoms with van der Waals surface area (Å²) < 4.78 is 5.41. The number of nitrogens with one attached hydrogen (secondary N) is 1. The van der Waals surface area contributed by atoms with Crippen molar-refractivity contribution in [3.63, 3.8) is 0 Å². The smallest absolute Gasteiger partial charge is 0.0594 e. The van der Waals surface area contributed by atoms with E-state index < -0.39 is 0 Å². The number of aromatic nitrogens is 2. The molecule has 4 heteroatoms. The van der Waals surface area contributed by atoms with Crippen LogP contribution in [0.4, 0.5) is 0 Å². The fourth-order valence-corrected chi connectivity index (χ4v) is 2.96. The van der Waals surface area contributed by atoms with Gasteiger partial charge in [0.05, 0.1) is 18.7 Å². The van der Waals surface area contributed by atoms with Crippen molar-refractivity contribution >= 4 is 21.7 Å². The maximum absolute atomic E-state index is 5.41. The van der Waals surface area contributed by atoms with Crippen molar-refractivity contribution in [2.24, 2.45) is 0 Å². The first kappa shape index (κ1) is 11.9. The SMILES string of the molecule is c1cc2c(ccc3c(CN4CCOCC4)c[nH]c32)cn1. The Kier molecular flexibility index (Phi) is 2.90. The molecule has 1 aliphatic heterocycles. The van der Waals surface area contributed by atoms with Crippen LogP contribution in [0, 0.1) is 0 Å². The number of rotatable bonds is 2. The zero-order valence-corrected chi connectivity index (χ0v) is 11.3. The van der Waals surface area contributed by atoms with Crippen LogP contribution in [-0.2, 0) is 11.3 Å². The topological polar surface area (TPSA) is 41.1 Å². The summed E-state index contributed by atoms with van der Waals surface area (Å²) in [7, 11) is 0. The molecule has 1 aromatic carbocycles. The molecule has 4 nitrogen and oxygen atoms in total. The summed E-state index contributed by atoms with van der Waals surface area (Å²) in [5.74, 6) is 0. The number of morpholine rings is 1. The Balaban J connectivity index is 1.75. The number of benzene rings is 1. The minimum absolute atomic E-state index is 0.844. The van der Waals surface area contributed by atoms with Gasteiger partial charge in [-0.3, -0.25) is 9.88 Å². The maximum atomic E-state index is 5.41. The first-order valence-electron chi connectivity index (χ1n) is 7.04. The molecule has 1 fully saturated rings. The highest BCUT2D eigenvalue weighted by molar-refractivity contribution is 6.06. The van der Waals surface area contributed by atoms with Gasteiger partial charge in [0.25, 0.3) is 0 Å². The summed E-state index contributed by atoms with van der Waals surface area (Å²) in [6, 6.07) is 6.43. The monoisotopic (exact) mass is 267 g/mol. The van der Waals surface area contributed by atoms with Gasteiger partial charge in [0.15, 0.2) is 0 Å². The quantitative estimate of drug-likeness (QED) is 0.775. The number of pyridine rings is 1. The molecular formula is C16H17N3O. The standard InChI is InChI=1S/C16H17N3O/c1-2-14-13(11-19-5-7-20-8-6-19)10-18-16(14)15-3-4-17-9-12(1)15/h1-4,9-10,18H,5-8,11H2. The molecule has 3 heterocycles. The summed E-state index contributed by atoms with van der Waals surface area (Å²) in [5.41, 5.74) is 2.58. The van der Waals surface area contributed by atoms with E-state index >= 15 is 0 Å². The molecule has 2 aromatic heterocycles. The Hall–Kier alpha value is -1.91. The highest BCUT2D eigenvalue weighted by atomic mass is 16.5. The Morgan fingerprint density at radius 2 is 2.05 bits per heavy atom. The average Bonchev–Trinajstić information content (AvgIpc) is 2.92. The van der Waals surface area contributed by atoms with E-state index in [1.165, 1.54) is 27.2 Å². The van der Waals surface area contributed by atoms with Crippen molar-refractivity contribution in [3.8, 4) is 0 Å². The molecule has 1 N–H and O–H groups in total. The number of hydrogen-bond donors (Lipinski definition) is 1. The first-order chi connectivity index (χ1) is 9.92. The van der Waals surface area contributed by atoms with Gasteiger partial charge in [-0.15, -0.1) is 0 Å². The van der Waals surface area contributed by atoms with Gasteiger partial charge in [-0.25, -0.2) is 0 Å². The molecular weight excluding hydrogens is 250 g/mol. The Labute approximate surface area is 117 Å². The second-order valence-corrected chi connectivity index (χ2v) is 5.29. The van der Waals surface area contributed by atoms with E-state index in [-0.39, 0.29) is 0 Å². The van der Waals surface area contributed by atoms with Crippen LogP contribution in [0.25, 0.3) is 21.7 Å². The van der Waals surface area contributed by atoms with E-state index in [1.54, 1.807) is 0 Å². The molecule has 0 amide bonds. The fraction of sp³-hybridized carbons (Fsp3) is 0.312. The van der Waals surface area contributed by atoms with E-state index in [0.29, 0.717) is 0 Å². The molecule has 0 radical (unpaired) electrons. The number of H-pyrrole nitrogens is 1. The number of fused-ring (bicyclic) bond motifs is 3. The lowest BCUT2D eigenvalue weighted by Gasteiger charge is -2.26. The van der Waals surface area contributed by atoms with Crippen molar-refractivity contribution in [1.29, 1.82) is 0 Å². The lowest BCUT2D eigenvalue weighted by Crippen LogP contribution is -2.35. The molecule has 20 heavy (non-hydrogen) atoms. The molecule has 4 rings (SSSR count). The van der Waals surface area contributed by atoms with Crippen LogP contribution in [0.3, 0.4) is 0 Å². The van der Waals surface area contributed by atoms with E-state index in [1.807, 2.05) is 12.4 Å². The minimum Gasteiger partial charge on any atom is -0.379 e. The number of hydrogen-bond acceptors (Lipinski definition) is 3. The van der Waals surface area contributed by atoms with Crippen molar-refractivity contribution in [2.75, 3.05) is 26.3 Å². The van der Waals surface area contributed by atoms with Crippen LogP contribution in [0.1, 0.15) is 5.56 Å². The molecule has 0 spiro atoms. The fourth-order valence-electron chi connectivity index (χ4n) is 2.96. The third-order valence-electron chi connectivity index (χ3n) is 4.05. The van der Waals surface area contributed by atoms with Gasteiger partial charge in [-0.2, -0.15) is 0 Å². The zero-order valence-electron chi connectivity index (χ0n) is 11.3. The van der Waals surface area contributed by atoms with Gasteiger partial charge < -0.3 is 9.72 Å². The van der Waals surface area contributed by atoms with Gasteiger partial charge in [0.2, 0.25) is 0 Å². The largest absolute Gasteiger partial charge is 0.379 e. The lowest BCUT2D eigenvalue weighted by atomic mass is 10.1. The van der Waals surface area contributed by atoms with E-state index in [2.05, 4.69) is 39.3 Å². The summed E-state index contributed by atoms with van der Waals surface area (Å²) in [6.07, 6.45) is 5.90. The van der Waals surface area contributed by atoms with Gasteiger partial charge in [0.1, 0.15) is 0 Å². The molecule has 0 unspecified atom stereocenters. The lowest BCUT2D eigenvalue weighted by molar-refractivity contribution is 0.0343. The maximum Gasteiger partial charge on any atom is 0.0594 e. The summed E-state index contributed by atoms with van der Waals surface area (Å²) in [5, 5.41) is 3.74. The Bertz CT molecular complexity index is 744. The predicted octanol–water partition coefficient (Wildman–Crippen LogP) is 2.55. The molecule has 1 aliphatic rings. The average molecular weight is 267 g/mol. The highest BCUT2D eigenvalue weighted by Crippen LogP contribution is 2.27. The van der Waals surface area contributed by atoms with Crippen molar-refractivity contribution in [2.45, 2.75) is 6.54 Å². The zero-order chi connectivity index (χ0) is 13.4. The molecule has 102 valence electrons. The van der Waals surface area contributed by atoms with Crippen LogP contribution in [0.2, 0.25) is 0 Å². The third kappa shape index (κ3) is 1.97. The van der Waals surface area contributed by atoms with Crippen molar-refractivity contribution < 1.29 is 4.74 Å². The second-order valence-electron chi connectivity index (χ2n) is 5.29. The minimum atomic E-state index is 0.844.